The number of nitrogens with one attached hydrogen (secondary N) is 2. The molecule has 0 aliphatic carbocycles. The van der Waals surface area contributed by atoms with E-state index in [2.05, 4.69) is 165 Å². The van der Waals surface area contributed by atoms with Crippen molar-refractivity contribution in [3.05, 3.63) is 129 Å². The Balaban J connectivity index is 0.000000228. The summed E-state index contributed by atoms with van der Waals surface area (Å²) in [5, 5.41) is 10.3. The van der Waals surface area contributed by atoms with Gasteiger partial charge >= 0.3 is 45.4 Å². The predicted molar refractivity (Wildman–Crippen MR) is 241 cm³/mol. The van der Waals surface area contributed by atoms with Crippen LogP contribution in [0.1, 0.15) is 111 Å². The molecule has 0 atom stereocenters. The van der Waals surface area contributed by atoms with Gasteiger partial charge in [0.05, 0.1) is 0 Å². The molecular weight excluding hydrogens is 809 g/mol. The van der Waals surface area contributed by atoms with Crippen LogP contribution in [0.5, 0.6) is 0 Å². The Bertz CT molecular complexity index is 2080. The molecule has 0 fully saturated rings. The molecule has 0 bridgehead atoms. The molecule has 8 heteroatoms. The second kappa shape index (κ2) is 22.5. The minimum atomic E-state index is -0.826. The first kappa shape index (κ1) is 46.9. The van der Waals surface area contributed by atoms with Crippen molar-refractivity contribution >= 4 is 57.9 Å². The fourth-order valence-corrected chi connectivity index (χ4v) is 6.69. The van der Waals surface area contributed by atoms with Gasteiger partial charge < -0.3 is 10.5 Å². The van der Waals surface area contributed by atoms with Gasteiger partial charge in [-0.05, 0) is 86.8 Å². The first-order valence-electron chi connectivity index (χ1n) is 19.5. The molecular formula is C48H58BCl2N2O2Zr. The first-order chi connectivity index (χ1) is 26.6. The molecule has 0 saturated carbocycles. The molecule has 0 aliphatic rings. The average molecular weight is 868 g/mol. The molecule has 0 unspecified atom stereocenters. The van der Waals surface area contributed by atoms with Crippen molar-refractivity contribution in [2.45, 2.75) is 108 Å². The molecule has 293 valence electrons. The zero-order valence-corrected chi connectivity index (χ0v) is 39.3. The van der Waals surface area contributed by atoms with E-state index in [9.17, 15) is 9.59 Å². The van der Waals surface area contributed by atoms with Gasteiger partial charge in [0.2, 0.25) is 11.8 Å². The summed E-state index contributed by atoms with van der Waals surface area (Å²) >= 11 is -0.826. The third kappa shape index (κ3) is 12.8. The first-order valence-corrected chi connectivity index (χ1v) is 25.8. The van der Waals surface area contributed by atoms with Crippen LogP contribution in [0.2, 0.25) is 0 Å². The molecule has 0 spiro atoms. The molecule has 0 heterocycles. The van der Waals surface area contributed by atoms with Crippen LogP contribution in [0.4, 0.5) is 0 Å². The molecule has 4 nitrogen and oxygen atoms in total. The zero-order valence-electron chi connectivity index (χ0n) is 35.3. The van der Waals surface area contributed by atoms with Crippen LogP contribution in [-0.2, 0) is 30.4 Å². The van der Waals surface area contributed by atoms with Crippen LogP contribution in [0.15, 0.2) is 84.9 Å². The van der Waals surface area contributed by atoms with Crippen LogP contribution < -0.4 is 10.5 Å². The predicted octanol–water partition coefficient (Wildman–Crippen LogP) is 13.5. The van der Waals surface area contributed by atoms with E-state index in [1.54, 1.807) is 13.8 Å². The summed E-state index contributed by atoms with van der Waals surface area (Å²) in [5.41, 5.74) is 16.5. The second-order valence-electron chi connectivity index (χ2n) is 15.1. The van der Waals surface area contributed by atoms with Crippen molar-refractivity contribution in [2.24, 2.45) is 0 Å². The molecule has 6 aromatic carbocycles. The molecule has 6 rings (SSSR count). The van der Waals surface area contributed by atoms with E-state index in [1.165, 1.54) is 95.9 Å². The summed E-state index contributed by atoms with van der Waals surface area (Å²) in [5.74, 6) is 0.930. The van der Waals surface area contributed by atoms with E-state index in [4.69, 9.17) is 17.0 Å². The fourth-order valence-electron chi connectivity index (χ4n) is 6.69. The maximum atomic E-state index is 10.6. The quantitative estimate of drug-likeness (QED) is 0.118. The van der Waals surface area contributed by atoms with E-state index in [0.717, 1.165) is 0 Å². The maximum absolute atomic E-state index is 10.6. The number of hydrogen-bond donors (Lipinski definition) is 2. The third-order valence-corrected chi connectivity index (χ3v) is 10.2. The Morgan fingerprint density at radius 2 is 0.964 bits per heavy atom. The van der Waals surface area contributed by atoms with E-state index < -0.39 is 20.8 Å². The van der Waals surface area contributed by atoms with E-state index in [-0.39, 0.29) is 11.8 Å². The summed E-state index contributed by atoms with van der Waals surface area (Å²) in [6.07, 6.45) is 0.830. The zero-order chi connectivity index (χ0) is 41.7. The van der Waals surface area contributed by atoms with Gasteiger partial charge in [0, 0.05) is 12.8 Å². The molecule has 0 saturated heterocycles. The SMILES string of the molecule is CCC(=O)N[B]NC(=O)CC.Cc1cc(C)c(C)c(-c2cccc3[cH-]c(C(C)C)cc23)c1.Cc1cc(C)c(C)c(-c2cccc3[cH-]c(C(C)C)cc23)c1.[Cl][Zr+2][Cl]. The van der Waals surface area contributed by atoms with Gasteiger partial charge in [-0.1, -0.05) is 100 Å². The Morgan fingerprint density at radius 3 is 1.29 bits per heavy atom. The normalized spacial score (nSPS) is 10.5. The summed E-state index contributed by atoms with van der Waals surface area (Å²) in [4.78, 5) is 21.2. The number of aryl methyl sites for hydroxylation is 4. The number of benzene rings is 4. The number of carbonyl (C=O) groups excluding carboxylic acids is 2. The summed E-state index contributed by atoms with van der Waals surface area (Å²) < 4.78 is 0. The second-order valence-corrected chi connectivity index (χ2v) is 18.8. The topological polar surface area (TPSA) is 58.2 Å². The molecule has 2 N–H and O–H groups in total. The molecule has 56 heavy (non-hydrogen) atoms. The molecule has 6 aromatic rings. The monoisotopic (exact) mass is 865 g/mol. The number of fused-ring (bicyclic) bond motifs is 2. The van der Waals surface area contributed by atoms with Gasteiger partial charge in [-0.25, -0.2) is 0 Å². The minimum absolute atomic E-state index is 0.110. The Labute approximate surface area is 355 Å². The standard InChI is InChI=1S/2C21H23.C6H12BN2O2.2ClH.Zr/c2*1-13(2)18-11-17-7-6-8-19(21(17)12-18)20-10-14(3)9-15(4)16(20)5;1-3-5(10)8-7-9-6(11)4-2;;;/h2*6-13H,1-5H3;3-4H2,1-2H3,(H,8,10)(H,9,11);2*1H;/q2*-1;;;;+4/p-2. The van der Waals surface area contributed by atoms with Crippen LogP contribution in [0, 0.1) is 41.5 Å². The van der Waals surface area contributed by atoms with Crippen molar-refractivity contribution < 1.29 is 30.4 Å². The fraction of sp³-hybridized carbons (Fsp3) is 0.333. The number of hydrogen-bond acceptors (Lipinski definition) is 2. The van der Waals surface area contributed by atoms with Gasteiger partial charge in [-0.2, -0.15) is 12.1 Å². The van der Waals surface area contributed by atoms with Crippen LogP contribution in [0.25, 0.3) is 43.8 Å². The van der Waals surface area contributed by atoms with Gasteiger partial charge in [0.15, 0.2) is 0 Å². The summed E-state index contributed by atoms with van der Waals surface area (Å²) in [7, 11) is 11.1. The van der Waals surface area contributed by atoms with Crippen molar-refractivity contribution in [1.82, 2.24) is 10.5 Å². The summed E-state index contributed by atoms with van der Waals surface area (Å²) in [6.45, 7) is 25.8. The Hall–Kier alpha value is -3.43. The number of carbonyl (C=O) groups is 2. The van der Waals surface area contributed by atoms with Gasteiger partial charge in [0.25, 0.3) is 0 Å². The van der Waals surface area contributed by atoms with Crippen LogP contribution in [0.3, 0.4) is 0 Å². The van der Waals surface area contributed by atoms with Crippen molar-refractivity contribution in [3.8, 4) is 22.3 Å². The van der Waals surface area contributed by atoms with Gasteiger partial charge in [-0.15, -0.1) is 69.1 Å². The van der Waals surface area contributed by atoms with Crippen LogP contribution >= 0.6 is 17.0 Å². The molecule has 0 aliphatic heterocycles. The molecule has 0 aromatic heterocycles. The van der Waals surface area contributed by atoms with Gasteiger partial charge in [-0.3, -0.25) is 9.59 Å². The average Bonchev–Trinajstić information content (AvgIpc) is 3.81. The number of amides is 2. The Kier molecular flexibility index (Phi) is 18.9. The van der Waals surface area contributed by atoms with Crippen molar-refractivity contribution in [1.29, 1.82) is 0 Å². The third-order valence-electron chi connectivity index (χ3n) is 10.2. The van der Waals surface area contributed by atoms with E-state index in [1.807, 2.05) is 0 Å². The number of rotatable bonds is 8. The van der Waals surface area contributed by atoms with E-state index >= 15 is 0 Å². The van der Waals surface area contributed by atoms with Gasteiger partial charge in [0.1, 0.15) is 0 Å². The number of halogens is 2. The van der Waals surface area contributed by atoms with Crippen LogP contribution in [-0.4, -0.2) is 19.4 Å². The van der Waals surface area contributed by atoms with Crippen molar-refractivity contribution in [2.75, 3.05) is 0 Å². The summed E-state index contributed by atoms with van der Waals surface area (Å²) in [6, 6.07) is 31.9. The molecule has 1 radical (unpaired) electrons. The molecule has 2 amide bonds. The van der Waals surface area contributed by atoms with E-state index in [0.29, 0.717) is 24.7 Å². The Morgan fingerprint density at radius 1 is 0.607 bits per heavy atom. The van der Waals surface area contributed by atoms with Crippen molar-refractivity contribution in [3.63, 3.8) is 0 Å².